The number of benzene rings is 2. The average Bonchev–Trinajstić information content (AvgIpc) is 2.46. The van der Waals surface area contributed by atoms with Gasteiger partial charge in [0.25, 0.3) is 0 Å². The zero-order valence-electron chi connectivity index (χ0n) is 11.9. The third kappa shape index (κ3) is 2.77. The number of rotatable bonds is 4. The molecule has 3 heteroatoms. The fraction of sp³-hybridized carbons (Fsp3) is 0.176. The minimum absolute atomic E-state index is 0.102. The molecule has 0 aliphatic heterocycles. The number of carbonyl (C=O) groups is 2. The summed E-state index contributed by atoms with van der Waals surface area (Å²) >= 11 is 0. The monoisotopic (exact) mass is 267 g/mol. The fourth-order valence-electron chi connectivity index (χ4n) is 2.05. The van der Waals surface area contributed by atoms with Crippen molar-refractivity contribution in [2.45, 2.75) is 6.92 Å². The molecular formula is C17H17NO2. The quantitative estimate of drug-likeness (QED) is 0.798. The average molecular weight is 267 g/mol. The molecule has 0 N–H and O–H groups in total. The van der Waals surface area contributed by atoms with Crippen LogP contribution in [0.15, 0.2) is 48.5 Å². The molecule has 0 aliphatic rings. The van der Waals surface area contributed by atoms with Crippen molar-refractivity contribution < 1.29 is 9.59 Å². The summed E-state index contributed by atoms with van der Waals surface area (Å²) in [7, 11) is 3.80. The van der Waals surface area contributed by atoms with Gasteiger partial charge in [0, 0.05) is 36.5 Å². The highest BCUT2D eigenvalue weighted by atomic mass is 16.1. The van der Waals surface area contributed by atoms with Gasteiger partial charge in [0.15, 0.2) is 11.6 Å². The molecule has 0 amide bonds. The Bertz CT molecular complexity index is 645. The van der Waals surface area contributed by atoms with E-state index in [0.29, 0.717) is 16.7 Å². The molecular weight excluding hydrogens is 250 g/mol. The maximum absolute atomic E-state index is 12.6. The summed E-state index contributed by atoms with van der Waals surface area (Å²) < 4.78 is 0. The number of ketones is 2. The van der Waals surface area contributed by atoms with Gasteiger partial charge in [0.1, 0.15) is 0 Å². The van der Waals surface area contributed by atoms with Crippen molar-refractivity contribution in [3.05, 3.63) is 65.2 Å². The predicted octanol–water partition coefficient (Wildman–Crippen LogP) is 3.19. The van der Waals surface area contributed by atoms with Gasteiger partial charge in [0.05, 0.1) is 0 Å². The Hall–Kier alpha value is -2.42. The second-order valence-corrected chi connectivity index (χ2v) is 4.88. The molecule has 0 aromatic heterocycles. The van der Waals surface area contributed by atoms with Crippen LogP contribution in [0.3, 0.4) is 0 Å². The largest absolute Gasteiger partial charge is 0.378 e. The van der Waals surface area contributed by atoms with Gasteiger partial charge in [-0.15, -0.1) is 0 Å². The zero-order chi connectivity index (χ0) is 14.7. The Morgan fingerprint density at radius 2 is 1.55 bits per heavy atom. The Balaban J connectivity index is 2.56. The summed E-state index contributed by atoms with van der Waals surface area (Å²) in [6, 6.07) is 14.3. The lowest BCUT2D eigenvalue weighted by Crippen LogP contribution is -2.13. The van der Waals surface area contributed by atoms with Gasteiger partial charge >= 0.3 is 0 Å². The normalized spacial score (nSPS) is 10.2. The Morgan fingerprint density at radius 1 is 0.900 bits per heavy atom. The highest BCUT2D eigenvalue weighted by Crippen LogP contribution is 2.21. The molecule has 0 atom stereocenters. The lowest BCUT2D eigenvalue weighted by Gasteiger charge is -2.15. The standard InChI is InChI=1S/C17H17NO2/c1-12(19)15-10-9-14(18(2)3)11-16(15)17(20)13-7-5-4-6-8-13/h4-11H,1-3H3. The Morgan fingerprint density at radius 3 is 2.10 bits per heavy atom. The topological polar surface area (TPSA) is 37.4 Å². The highest BCUT2D eigenvalue weighted by Gasteiger charge is 2.17. The predicted molar refractivity (Wildman–Crippen MR) is 80.6 cm³/mol. The van der Waals surface area contributed by atoms with Crippen molar-refractivity contribution in [3.63, 3.8) is 0 Å². The van der Waals surface area contributed by atoms with E-state index in [1.165, 1.54) is 6.92 Å². The van der Waals surface area contributed by atoms with Crippen molar-refractivity contribution in [3.8, 4) is 0 Å². The van der Waals surface area contributed by atoms with E-state index in [1.54, 1.807) is 24.3 Å². The Kier molecular flexibility index (Phi) is 3.99. The second-order valence-electron chi connectivity index (χ2n) is 4.88. The van der Waals surface area contributed by atoms with E-state index in [9.17, 15) is 9.59 Å². The number of carbonyl (C=O) groups excluding carboxylic acids is 2. The van der Waals surface area contributed by atoms with Crippen molar-refractivity contribution >= 4 is 17.3 Å². The minimum Gasteiger partial charge on any atom is -0.378 e. The molecule has 20 heavy (non-hydrogen) atoms. The third-order valence-corrected chi connectivity index (χ3v) is 3.18. The maximum Gasteiger partial charge on any atom is 0.193 e. The Labute approximate surface area is 118 Å². The summed E-state index contributed by atoms with van der Waals surface area (Å²) in [4.78, 5) is 26.2. The number of nitrogens with zero attached hydrogens (tertiary/aromatic N) is 1. The number of hydrogen-bond donors (Lipinski definition) is 0. The molecule has 2 rings (SSSR count). The van der Waals surface area contributed by atoms with E-state index in [2.05, 4.69) is 0 Å². The number of Topliss-reactive ketones (excluding diaryl/α,β-unsaturated/α-hetero) is 1. The SMILES string of the molecule is CC(=O)c1ccc(N(C)C)cc1C(=O)c1ccccc1. The molecule has 0 saturated carbocycles. The van der Waals surface area contributed by atoms with E-state index in [1.807, 2.05) is 43.3 Å². The van der Waals surface area contributed by atoms with Crippen molar-refractivity contribution in [1.82, 2.24) is 0 Å². The molecule has 0 radical (unpaired) electrons. The smallest absolute Gasteiger partial charge is 0.193 e. The molecule has 2 aromatic carbocycles. The molecule has 3 nitrogen and oxygen atoms in total. The summed E-state index contributed by atoms with van der Waals surface area (Å²) in [6.07, 6.45) is 0. The number of anilines is 1. The second kappa shape index (κ2) is 5.70. The van der Waals surface area contributed by atoms with E-state index in [-0.39, 0.29) is 11.6 Å². The van der Waals surface area contributed by atoms with Crippen molar-refractivity contribution in [2.75, 3.05) is 19.0 Å². The fourth-order valence-corrected chi connectivity index (χ4v) is 2.05. The zero-order valence-corrected chi connectivity index (χ0v) is 11.9. The first kappa shape index (κ1) is 14.0. The van der Waals surface area contributed by atoms with Gasteiger partial charge in [-0.3, -0.25) is 9.59 Å². The molecule has 102 valence electrons. The van der Waals surface area contributed by atoms with Gasteiger partial charge in [-0.1, -0.05) is 30.3 Å². The first-order valence-corrected chi connectivity index (χ1v) is 6.42. The van der Waals surface area contributed by atoms with E-state index in [0.717, 1.165) is 5.69 Å². The van der Waals surface area contributed by atoms with Crippen LogP contribution in [-0.4, -0.2) is 25.7 Å². The van der Waals surface area contributed by atoms with Crippen LogP contribution >= 0.6 is 0 Å². The van der Waals surface area contributed by atoms with Crippen LogP contribution < -0.4 is 4.90 Å². The van der Waals surface area contributed by atoms with Crippen LogP contribution in [0.1, 0.15) is 33.2 Å². The molecule has 0 heterocycles. The highest BCUT2D eigenvalue weighted by molar-refractivity contribution is 6.15. The minimum atomic E-state index is -0.125. The lowest BCUT2D eigenvalue weighted by atomic mass is 9.95. The molecule has 2 aromatic rings. The summed E-state index contributed by atoms with van der Waals surface area (Å²) in [5.74, 6) is -0.228. The third-order valence-electron chi connectivity index (χ3n) is 3.18. The van der Waals surface area contributed by atoms with Gasteiger partial charge in [-0.2, -0.15) is 0 Å². The van der Waals surface area contributed by atoms with Crippen molar-refractivity contribution in [2.24, 2.45) is 0 Å². The van der Waals surface area contributed by atoms with E-state index >= 15 is 0 Å². The first-order chi connectivity index (χ1) is 9.50. The van der Waals surface area contributed by atoms with Crippen LogP contribution in [0.4, 0.5) is 5.69 Å². The summed E-state index contributed by atoms with van der Waals surface area (Å²) in [6.45, 7) is 1.48. The van der Waals surface area contributed by atoms with Crippen LogP contribution in [0, 0.1) is 0 Å². The molecule has 0 bridgehead atoms. The van der Waals surface area contributed by atoms with Gasteiger partial charge < -0.3 is 4.90 Å². The first-order valence-electron chi connectivity index (χ1n) is 6.42. The molecule has 0 aliphatic carbocycles. The molecule has 0 spiro atoms. The van der Waals surface area contributed by atoms with Crippen LogP contribution in [0.2, 0.25) is 0 Å². The maximum atomic E-state index is 12.6. The van der Waals surface area contributed by atoms with Crippen LogP contribution in [0.25, 0.3) is 0 Å². The van der Waals surface area contributed by atoms with Crippen LogP contribution in [-0.2, 0) is 0 Å². The van der Waals surface area contributed by atoms with Crippen LogP contribution in [0.5, 0.6) is 0 Å². The van der Waals surface area contributed by atoms with E-state index < -0.39 is 0 Å². The van der Waals surface area contributed by atoms with Gasteiger partial charge in [-0.05, 0) is 25.1 Å². The molecule has 0 saturated heterocycles. The van der Waals surface area contributed by atoms with Crippen molar-refractivity contribution in [1.29, 1.82) is 0 Å². The summed E-state index contributed by atoms with van der Waals surface area (Å²) in [5, 5.41) is 0. The summed E-state index contributed by atoms with van der Waals surface area (Å²) in [5.41, 5.74) is 2.40. The van der Waals surface area contributed by atoms with E-state index in [4.69, 9.17) is 0 Å². The van der Waals surface area contributed by atoms with Gasteiger partial charge in [-0.25, -0.2) is 0 Å². The molecule has 0 fully saturated rings. The molecule has 0 unspecified atom stereocenters. The number of hydrogen-bond acceptors (Lipinski definition) is 3. The van der Waals surface area contributed by atoms with Gasteiger partial charge in [0.2, 0.25) is 0 Å². The lowest BCUT2D eigenvalue weighted by molar-refractivity contribution is 0.0990.